The van der Waals surface area contributed by atoms with Gasteiger partial charge in [0.05, 0.1) is 5.41 Å². The van der Waals surface area contributed by atoms with Crippen LogP contribution in [-0.2, 0) is 10.2 Å². The molecule has 1 fully saturated rings. The van der Waals surface area contributed by atoms with Crippen molar-refractivity contribution in [3.8, 4) is 5.75 Å². The van der Waals surface area contributed by atoms with Crippen LogP contribution in [0.25, 0.3) is 0 Å². The van der Waals surface area contributed by atoms with Gasteiger partial charge < -0.3 is 10.2 Å². The minimum absolute atomic E-state index is 0.0549. The molecule has 0 bridgehead atoms. The number of carboxylic acid groups (broad SMARTS) is 1. The van der Waals surface area contributed by atoms with Gasteiger partial charge in [0.15, 0.2) is 0 Å². The molecule has 0 aliphatic heterocycles. The second kappa shape index (κ2) is 2.98. The fraction of sp³-hybridized carbons (Fsp3) is 0.300. The topological polar surface area (TPSA) is 57.5 Å². The van der Waals surface area contributed by atoms with Crippen LogP contribution in [0.1, 0.15) is 18.4 Å². The van der Waals surface area contributed by atoms with Gasteiger partial charge >= 0.3 is 5.97 Å². The summed E-state index contributed by atoms with van der Waals surface area (Å²) in [6.45, 7) is 0. The third-order valence-electron chi connectivity index (χ3n) is 2.63. The predicted molar refractivity (Wildman–Crippen MR) is 54.4 cm³/mol. The maximum absolute atomic E-state index is 11.1. The van der Waals surface area contributed by atoms with Crippen molar-refractivity contribution in [1.29, 1.82) is 0 Å². The molecular formula is C10H9BrO3. The minimum Gasteiger partial charge on any atom is -0.508 e. The van der Waals surface area contributed by atoms with Crippen molar-refractivity contribution >= 4 is 21.9 Å². The molecule has 3 nitrogen and oxygen atoms in total. The Morgan fingerprint density at radius 3 is 2.50 bits per heavy atom. The van der Waals surface area contributed by atoms with Gasteiger partial charge in [0.25, 0.3) is 0 Å². The lowest BCUT2D eigenvalue weighted by Gasteiger charge is -2.13. The van der Waals surface area contributed by atoms with Gasteiger partial charge in [0.1, 0.15) is 5.75 Å². The molecule has 0 unspecified atom stereocenters. The van der Waals surface area contributed by atoms with Gasteiger partial charge in [-0.1, -0.05) is 22.0 Å². The lowest BCUT2D eigenvalue weighted by atomic mass is 9.95. The Balaban J connectivity index is 2.56. The summed E-state index contributed by atoms with van der Waals surface area (Å²) >= 11 is 3.27. The molecule has 0 amide bonds. The Hall–Kier alpha value is -1.03. The van der Waals surface area contributed by atoms with Gasteiger partial charge in [-0.15, -0.1) is 0 Å². The first kappa shape index (κ1) is 9.52. The number of rotatable bonds is 2. The molecule has 14 heavy (non-hydrogen) atoms. The molecule has 0 atom stereocenters. The summed E-state index contributed by atoms with van der Waals surface area (Å²) in [6.07, 6.45) is 1.19. The Kier molecular flexibility index (Phi) is 2.03. The van der Waals surface area contributed by atoms with Crippen molar-refractivity contribution < 1.29 is 15.0 Å². The fourth-order valence-electron chi connectivity index (χ4n) is 1.68. The number of hydrogen-bond acceptors (Lipinski definition) is 2. The number of aliphatic carboxylic acids is 1. The van der Waals surface area contributed by atoms with Gasteiger partial charge in [-0.25, -0.2) is 0 Å². The van der Waals surface area contributed by atoms with Crippen LogP contribution in [-0.4, -0.2) is 16.2 Å². The zero-order valence-electron chi connectivity index (χ0n) is 7.33. The average Bonchev–Trinajstić information content (AvgIpc) is 2.85. The summed E-state index contributed by atoms with van der Waals surface area (Å²) in [5.41, 5.74) is -0.350. The highest BCUT2D eigenvalue weighted by Crippen LogP contribution is 2.53. The van der Waals surface area contributed by atoms with Crippen molar-refractivity contribution in [1.82, 2.24) is 0 Å². The number of phenolic OH excluding ortho intramolecular Hbond substituents is 1. The van der Waals surface area contributed by atoms with Gasteiger partial charge in [-0.3, -0.25) is 4.79 Å². The zero-order chi connectivity index (χ0) is 10.3. The first-order valence-corrected chi connectivity index (χ1v) is 5.08. The molecule has 2 rings (SSSR count). The first-order valence-electron chi connectivity index (χ1n) is 4.29. The van der Waals surface area contributed by atoms with Crippen LogP contribution in [0.15, 0.2) is 22.7 Å². The molecule has 0 saturated heterocycles. The van der Waals surface area contributed by atoms with Crippen LogP contribution < -0.4 is 0 Å². The van der Waals surface area contributed by atoms with E-state index in [1.54, 1.807) is 12.1 Å². The van der Waals surface area contributed by atoms with E-state index in [0.29, 0.717) is 22.9 Å². The molecule has 0 aromatic heterocycles. The number of aromatic hydroxyl groups is 1. The van der Waals surface area contributed by atoms with E-state index in [1.165, 1.54) is 6.07 Å². The molecule has 0 radical (unpaired) electrons. The van der Waals surface area contributed by atoms with E-state index in [2.05, 4.69) is 15.9 Å². The number of benzene rings is 1. The molecule has 1 aromatic rings. The summed E-state index contributed by atoms with van der Waals surface area (Å²) < 4.78 is 0.664. The number of hydrogen-bond donors (Lipinski definition) is 2. The second-order valence-electron chi connectivity index (χ2n) is 3.52. The van der Waals surface area contributed by atoms with E-state index in [4.69, 9.17) is 5.11 Å². The quantitative estimate of drug-likeness (QED) is 0.854. The SMILES string of the molecule is O=C(O)C1(c2c(O)cccc2Br)CC1. The van der Waals surface area contributed by atoms with Crippen molar-refractivity contribution in [2.75, 3.05) is 0 Å². The molecule has 1 saturated carbocycles. The van der Waals surface area contributed by atoms with Crippen molar-refractivity contribution in [3.05, 3.63) is 28.2 Å². The van der Waals surface area contributed by atoms with E-state index in [9.17, 15) is 9.90 Å². The zero-order valence-corrected chi connectivity index (χ0v) is 8.91. The van der Waals surface area contributed by atoms with Gasteiger partial charge in [0.2, 0.25) is 0 Å². The highest BCUT2D eigenvalue weighted by Gasteiger charge is 2.54. The highest BCUT2D eigenvalue weighted by molar-refractivity contribution is 9.10. The summed E-state index contributed by atoms with van der Waals surface area (Å²) in [4.78, 5) is 11.1. The van der Waals surface area contributed by atoms with E-state index in [1.807, 2.05) is 0 Å². The molecule has 1 aromatic carbocycles. The van der Waals surface area contributed by atoms with Gasteiger partial charge in [-0.05, 0) is 25.0 Å². The summed E-state index contributed by atoms with van der Waals surface area (Å²) in [5.74, 6) is -0.807. The van der Waals surface area contributed by atoms with Crippen molar-refractivity contribution in [2.45, 2.75) is 18.3 Å². The fourth-order valence-corrected chi connectivity index (χ4v) is 2.42. The second-order valence-corrected chi connectivity index (χ2v) is 4.38. The molecule has 0 spiro atoms. The van der Waals surface area contributed by atoms with Crippen LogP contribution in [0.2, 0.25) is 0 Å². The summed E-state index contributed by atoms with van der Waals surface area (Å²) in [6, 6.07) is 4.95. The van der Waals surface area contributed by atoms with E-state index >= 15 is 0 Å². The third kappa shape index (κ3) is 1.21. The van der Waals surface area contributed by atoms with Gasteiger partial charge in [-0.2, -0.15) is 0 Å². The maximum atomic E-state index is 11.1. The van der Waals surface area contributed by atoms with Crippen LogP contribution in [0.3, 0.4) is 0 Å². The number of phenols is 1. The number of carbonyl (C=O) groups is 1. The first-order chi connectivity index (χ1) is 6.58. The Morgan fingerprint density at radius 1 is 1.43 bits per heavy atom. The molecular weight excluding hydrogens is 248 g/mol. The Labute approximate surface area is 89.5 Å². The Bertz CT molecular complexity index is 376. The molecule has 74 valence electrons. The maximum Gasteiger partial charge on any atom is 0.314 e. The molecule has 4 heteroatoms. The standard InChI is InChI=1S/C10H9BrO3/c11-6-2-1-3-7(12)8(6)10(4-5-10)9(13)14/h1-3,12H,4-5H2,(H,13,14). The number of carboxylic acids is 1. The van der Waals surface area contributed by atoms with Gasteiger partial charge in [0, 0.05) is 10.0 Å². The smallest absolute Gasteiger partial charge is 0.314 e. The van der Waals surface area contributed by atoms with Crippen LogP contribution in [0.4, 0.5) is 0 Å². The van der Waals surface area contributed by atoms with Crippen LogP contribution >= 0.6 is 15.9 Å². The molecule has 2 N–H and O–H groups in total. The van der Waals surface area contributed by atoms with Crippen molar-refractivity contribution in [3.63, 3.8) is 0 Å². The third-order valence-corrected chi connectivity index (χ3v) is 3.29. The van der Waals surface area contributed by atoms with Crippen LogP contribution in [0.5, 0.6) is 5.75 Å². The van der Waals surface area contributed by atoms with Crippen molar-refractivity contribution in [2.24, 2.45) is 0 Å². The Morgan fingerprint density at radius 2 is 2.07 bits per heavy atom. The largest absolute Gasteiger partial charge is 0.508 e. The number of halogens is 1. The lowest BCUT2D eigenvalue weighted by Crippen LogP contribution is -2.20. The molecule has 1 aliphatic carbocycles. The summed E-state index contributed by atoms with van der Waals surface area (Å²) in [5, 5.41) is 18.7. The normalized spacial score (nSPS) is 17.8. The van der Waals surface area contributed by atoms with E-state index in [0.717, 1.165) is 0 Å². The average molecular weight is 257 g/mol. The monoisotopic (exact) mass is 256 g/mol. The molecule has 1 aliphatic rings. The highest BCUT2D eigenvalue weighted by atomic mass is 79.9. The summed E-state index contributed by atoms with van der Waals surface area (Å²) in [7, 11) is 0. The lowest BCUT2D eigenvalue weighted by molar-refractivity contribution is -0.140. The van der Waals surface area contributed by atoms with Crippen LogP contribution in [0, 0.1) is 0 Å². The van der Waals surface area contributed by atoms with E-state index in [-0.39, 0.29) is 5.75 Å². The minimum atomic E-state index is -0.861. The molecule has 0 heterocycles. The predicted octanol–water partition coefficient (Wildman–Crippen LogP) is 2.27. The van der Waals surface area contributed by atoms with E-state index < -0.39 is 11.4 Å².